The molecule has 0 saturated carbocycles. The van der Waals surface area contributed by atoms with Crippen LogP contribution in [0.3, 0.4) is 0 Å². The molecule has 0 radical (unpaired) electrons. The van der Waals surface area contributed by atoms with E-state index in [0.29, 0.717) is 38.5 Å². The number of amides is 1. The van der Waals surface area contributed by atoms with Gasteiger partial charge in [0, 0.05) is 26.1 Å². The number of rotatable bonds is 7. The highest BCUT2D eigenvalue weighted by molar-refractivity contribution is 5.76. The Morgan fingerprint density at radius 2 is 2.18 bits per heavy atom. The van der Waals surface area contributed by atoms with Crippen molar-refractivity contribution in [2.45, 2.75) is 32.6 Å². The zero-order valence-electron chi connectivity index (χ0n) is 10.4. The molecule has 0 aliphatic carbocycles. The van der Waals surface area contributed by atoms with Crippen molar-refractivity contribution >= 4 is 11.9 Å². The topological polar surface area (TPSA) is 66.8 Å². The molecule has 17 heavy (non-hydrogen) atoms. The minimum Gasteiger partial charge on any atom is -0.481 e. The number of ether oxygens (including phenoxy) is 1. The first-order valence-electron chi connectivity index (χ1n) is 6.20. The van der Waals surface area contributed by atoms with Gasteiger partial charge in [-0.2, -0.15) is 0 Å². The Kier molecular flexibility index (Phi) is 5.97. The number of likely N-dealkylation sites (tertiary alicyclic amines) is 1. The van der Waals surface area contributed by atoms with E-state index in [9.17, 15) is 9.59 Å². The Balaban J connectivity index is 2.20. The van der Waals surface area contributed by atoms with Crippen LogP contribution < -0.4 is 0 Å². The quantitative estimate of drug-likeness (QED) is 0.681. The predicted octanol–water partition coefficient (Wildman–Crippen LogP) is 1.13. The Labute approximate surface area is 102 Å². The van der Waals surface area contributed by atoms with Gasteiger partial charge in [0.1, 0.15) is 0 Å². The third kappa shape index (κ3) is 5.17. The van der Waals surface area contributed by atoms with E-state index in [1.807, 2.05) is 11.8 Å². The maximum absolute atomic E-state index is 11.7. The number of carboxylic acids is 1. The second-order valence-electron chi connectivity index (χ2n) is 4.37. The molecular formula is C12H21NO4. The van der Waals surface area contributed by atoms with Gasteiger partial charge < -0.3 is 14.7 Å². The molecule has 1 N–H and O–H groups in total. The van der Waals surface area contributed by atoms with Crippen molar-refractivity contribution in [1.29, 1.82) is 0 Å². The lowest BCUT2D eigenvalue weighted by atomic mass is 10.0. The predicted molar refractivity (Wildman–Crippen MR) is 62.7 cm³/mol. The Morgan fingerprint density at radius 3 is 2.82 bits per heavy atom. The maximum Gasteiger partial charge on any atom is 0.303 e. The number of hydrogen-bond donors (Lipinski definition) is 1. The van der Waals surface area contributed by atoms with Gasteiger partial charge in [-0.3, -0.25) is 9.59 Å². The number of carbonyl (C=O) groups excluding carboxylic acids is 1. The SMILES string of the molecule is CCOCCC(=O)N1CCC(CCC(=O)O)C1. The van der Waals surface area contributed by atoms with Crippen molar-refractivity contribution in [3.05, 3.63) is 0 Å². The van der Waals surface area contributed by atoms with E-state index in [2.05, 4.69) is 0 Å². The van der Waals surface area contributed by atoms with Gasteiger partial charge in [0.15, 0.2) is 0 Å². The average Bonchev–Trinajstić information content (AvgIpc) is 2.75. The van der Waals surface area contributed by atoms with Crippen LogP contribution in [0.2, 0.25) is 0 Å². The lowest BCUT2D eigenvalue weighted by molar-refractivity contribution is -0.137. The molecule has 98 valence electrons. The highest BCUT2D eigenvalue weighted by Crippen LogP contribution is 2.21. The second-order valence-corrected chi connectivity index (χ2v) is 4.37. The lowest BCUT2D eigenvalue weighted by Crippen LogP contribution is -2.29. The van der Waals surface area contributed by atoms with Crippen molar-refractivity contribution in [3.63, 3.8) is 0 Å². The van der Waals surface area contributed by atoms with Crippen molar-refractivity contribution in [1.82, 2.24) is 4.90 Å². The first-order valence-corrected chi connectivity index (χ1v) is 6.20. The molecule has 0 aromatic rings. The monoisotopic (exact) mass is 243 g/mol. The summed E-state index contributed by atoms with van der Waals surface area (Å²) in [6.45, 7) is 4.48. The van der Waals surface area contributed by atoms with E-state index in [1.165, 1.54) is 0 Å². The van der Waals surface area contributed by atoms with Crippen LogP contribution in [0.15, 0.2) is 0 Å². The van der Waals surface area contributed by atoms with Crippen LogP contribution in [0.25, 0.3) is 0 Å². The second kappa shape index (κ2) is 7.27. The highest BCUT2D eigenvalue weighted by atomic mass is 16.5. The summed E-state index contributed by atoms with van der Waals surface area (Å²) in [6.07, 6.45) is 2.23. The first-order chi connectivity index (χ1) is 8.13. The van der Waals surface area contributed by atoms with Crippen LogP contribution in [0, 0.1) is 5.92 Å². The van der Waals surface area contributed by atoms with E-state index < -0.39 is 5.97 Å². The Hall–Kier alpha value is -1.10. The highest BCUT2D eigenvalue weighted by Gasteiger charge is 2.25. The Bertz CT molecular complexity index is 267. The fourth-order valence-corrected chi connectivity index (χ4v) is 2.08. The smallest absolute Gasteiger partial charge is 0.303 e. The summed E-state index contributed by atoms with van der Waals surface area (Å²) < 4.78 is 5.14. The van der Waals surface area contributed by atoms with Crippen molar-refractivity contribution < 1.29 is 19.4 Å². The van der Waals surface area contributed by atoms with Crippen molar-refractivity contribution in [2.24, 2.45) is 5.92 Å². The molecule has 1 rings (SSSR count). The van der Waals surface area contributed by atoms with Gasteiger partial charge >= 0.3 is 5.97 Å². The van der Waals surface area contributed by atoms with Gasteiger partial charge in [0.2, 0.25) is 5.91 Å². The molecule has 1 aliphatic heterocycles. The van der Waals surface area contributed by atoms with E-state index in [-0.39, 0.29) is 12.3 Å². The molecule has 0 bridgehead atoms. The van der Waals surface area contributed by atoms with E-state index >= 15 is 0 Å². The summed E-state index contributed by atoms with van der Waals surface area (Å²) in [5.41, 5.74) is 0. The number of carbonyl (C=O) groups is 2. The van der Waals surface area contributed by atoms with E-state index in [4.69, 9.17) is 9.84 Å². The fraction of sp³-hybridized carbons (Fsp3) is 0.833. The number of aliphatic carboxylic acids is 1. The molecule has 1 aliphatic rings. The molecule has 1 amide bonds. The standard InChI is InChI=1S/C12H21NO4/c1-2-17-8-6-11(14)13-7-5-10(9-13)3-4-12(15)16/h10H,2-9H2,1H3,(H,15,16). The van der Waals surface area contributed by atoms with Crippen molar-refractivity contribution in [3.8, 4) is 0 Å². The average molecular weight is 243 g/mol. The number of carboxylic acid groups (broad SMARTS) is 1. The minimum atomic E-state index is -0.758. The van der Waals surface area contributed by atoms with Gasteiger partial charge in [-0.25, -0.2) is 0 Å². The number of hydrogen-bond acceptors (Lipinski definition) is 3. The molecule has 0 aromatic heterocycles. The molecule has 1 heterocycles. The largest absolute Gasteiger partial charge is 0.481 e. The third-order valence-electron chi connectivity index (χ3n) is 3.07. The third-order valence-corrected chi connectivity index (χ3v) is 3.07. The molecule has 1 fully saturated rings. The van der Waals surface area contributed by atoms with Gasteiger partial charge in [-0.15, -0.1) is 0 Å². The first kappa shape index (κ1) is 14.0. The molecule has 0 aromatic carbocycles. The van der Waals surface area contributed by atoms with Crippen LogP contribution in [0.4, 0.5) is 0 Å². The minimum absolute atomic E-state index is 0.122. The van der Waals surface area contributed by atoms with Gasteiger partial charge in [0.25, 0.3) is 0 Å². The van der Waals surface area contributed by atoms with Crippen LogP contribution >= 0.6 is 0 Å². The molecule has 1 saturated heterocycles. The molecular weight excluding hydrogens is 222 g/mol. The van der Waals surface area contributed by atoms with Gasteiger partial charge in [0.05, 0.1) is 13.0 Å². The summed E-state index contributed by atoms with van der Waals surface area (Å²) in [5.74, 6) is -0.287. The number of nitrogens with zero attached hydrogens (tertiary/aromatic N) is 1. The lowest BCUT2D eigenvalue weighted by Gasteiger charge is -2.16. The summed E-state index contributed by atoms with van der Waals surface area (Å²) in [6, 6.07) is 0. The van der Waals surface area contributed by atoms with Crippen LogP contribution in [0.5, 0.6) is 0 Å². The van der Waals surface area contributed by atoms with Crippen LogP contribution in [0.1, 0.15) is 32.6 Å². The van der Waals surface area contributed by atoms with E-state index in [0.717, 1.165) is 13.0 Å². The van der Waals surface area contributed by atoms with Gasteiger partial charge in [-0.05, 0) is 25.7 Å². The summed E-state index contributed by atoms with van der Waals surface area (Å²) in [4.78, 5) is 24.0. The molecule has 0 spiro atoms. The summed E-state index contributed by atoms with van der Waals surface area (Å²) >= 11 is 0. The molecule has 1 unspecified atom stereocenters. The zero-order valence-corrected chi connectivity index (χ0v) is 10.4. The summed E-state index contributed by atoms with van der Waals surface area (Å²) in [7, 11) is 0. The maximum atomic E-state index is 11.7. The molecule has 5 heteroatoms. The van der Waals surface area contributed by atoms with Crippen LogP contribution in [-0.4, -0.2) is 48.2 Å². The van der Waals surface area contributed by atoms with Crippen molar-refractivity contribution in [2.75, 3.05) is 26.3 Å². The normalized spacial score (nSPS) is 19.6. The van der Waals surface area contributed by atoms with Crippen LogP contribution in [-0.2, 0) is 14.3 Å². The Morgan fingerprint density at radius 1 is 1.41 bits per heavy atom. The molecule has 1 atom stereocenters. The molecule has 5 nitrogen and oxygen atoms in total. The zero-order chi connectivity index (χ0) is 12.7. The van der Waals surface area contributed by atoms with Gasteiger partial charge in [-0.1, -0.05) is 0 Å². The fourth-order valence-electron chi connectivity index (χ4n) is 2.08. The summed E-state index contributed by atoms with van der Waals surface area (Å²) in [5, 5.41) is 8.60. The van der Waals surface area contributed by atoms with E-state index in [1.54, 1.807) is 0 Å².